The first-order chi connectivity index (χ1) is 13.0. The van der Waals surface area contributed by atoms with Gasteiger partial charge in [-0.1, -0.05) is 0 Å². The molecule has 0 aromatic carbocycles. The molecular weight excluding hydrogens is 362 g/mol. The monoisotopic (exact) mass is 393 g/mol. The summed E-state index contributed by atoms with van der Waals surface area (Å²) in [5, 5.41) is 25.2. The van der Waals surface area contributed by atoms with Crippen LogP contribution in [0.15, 0.2) is 0 Å². The average Bonchev–Trinajstić information content (AvgIpc) is 2.63. The second kappa shape index (κ2) is 17.6. The number of aliphatic hydroxyl groups is 1. The Morgan fingerprint density at radius 3 is 2.07 bits per heavy atom. The number of rotatable bonds is 18. The number of aliphatic carboxylic acids is 1. The molecule has 158 valence electrons. The van der Waals surface area contributed by atoms with E-state index in [4.69, 9.17) is 24.4 Å². The van der Waals surface area contributed by atoms with E-state index in [9.17, 15) is 14.4 Å². The van der Waals surface area contributed by atoms with E-state index in [2.05, 4.69) is 16.0 Å². The van der Waals surface area contributed by atoms with E-state index < -0.39 is 12.0 Å². The van der Waals surface area contributed by atoms with Crippen molar-refractivity contribution in [1.82, 2.24) is 16.0 Å². The number of carboxylic acids is 1. The van der Waals surface area contributed by atoms with Gasteiger partial charge in [0.25, 0.3) is 0 Å². The minimum Gasteiger partial charge on any atom is -0.480 e. The topological polar surface area (TPSA) is 155 Å². The van der Waals surface area contributed by atoms with Crippen molar-refractivity contribution in [3.63, 3.8) is 0 Å². The van der Waals surface area contributed by atoms with E-state index in [1.807, 2.05) is 0 Å². The molecule has 5 N–H and O–H groups in total. The summed E-state index contributed by atoms with van der Waals surface area (Å²) in [5.74, 6) is -1.50. The summed E-state index contributed by atoms with van der Waals surface area (Å²) in [6.45, 7) is 1.89. The maximum absolute atomic E-state index is 11.6. The molecule has 2 amide bonds. The summed E-state index contributed by atoms with van der Waals surface area (Å²) in [4.78, 5) is 33.7. The third-order valence-corrected chi connectivity index (χ3v) is 3.28. The maximum atomic E-state index is 11.6. The van der Waals surface area contributed by atoms with Crippen LogP contribution in [0, 0.1) is 0 Å². The van der Waals surface area contributed by atoms with Gasteiger partial charge in [-0.3, -0.25) is 14.4 Å². The third-order valence-electron chi connectivity index (χ3n) is 3.28. The molecule has 11 heteroatoms. The minimum atomic E-state index is -0.989. The molecule has 0 saturated heterocycles. The Bertz CT molecular complexity index is 422. The Labute approximate surface area is 158 Å². The zero-order valence-corrected chi connectivity index (χ0v) is 15.7. The highest BCUT2D eigenvalue weighted by molar-refractivity contribution is 5.78. The summed E-state index contributed by atoms with van der Waals surface area (Å²) < 4.78 is 15.4. The van der Waals surface area contributed by atoms with Crippen molar-refractivity contribution in [2.24, 2.45) is 0 Å². The normalized spacial score (nSPS) is 11.8. The molecule has 0 aliphatic carbocycles. The Morgan fingerprint density at radius 2 is 1.48 bits per heavy atom. The van der Waals surface area contributed by atoms with Gasteiger partial charge >= 0.3 is 5.97 Å². The third kappa shape index (κ3) is 16.1. The van der Waals surface area contributed by atoms with Crippen LogP contribution < -0.4 is 16.0 Å². The van der Waals surface area contributed by atoms with Gasteiger partial charge in [0, 0.05) is 19.5 Å². The molecule has 0 bridgehead atoms. The van der Waals surface area contributed by atoms with Crippen molar-refractivity contribution in [3.05, 3.63) is 0 Å². The van der Waals surface area contributed by atoms with Gasteiger partial charge in [0.05, 0.1) is 39.6 Å². The lowest BCUT2D eigenvalue weighted by atomic mass is 10.1. The molecule has 0 radical (unpaired) electrons. The largest absolute Gasteiger partial charge is 0.480 e. The van der Waals surface area contributed by atoms with Gasteiger partial charge in [-0.2, -0.15) is 0 Å². The van der Waals surface area contributed by atoms with Crippen LogP contribution in [0.3, 0.4) is 0 Å². The van der Waals surface area contributed by atoms with Gasteiger partial charge < -0.3 is 40.4 Å². The van der Waals surface area contributed by atoms with Crippen molar-refractivity contribution in [3.8, 4) is 0 Å². The van der Waals surface area contributed by atoms with Crippen LogP contribution in [-0.4, -0.2) is 100 Å². The molecule has 0 aliphatic rings. The molecular formula is C16H31N3O8. The summed E-state index contributed by atoms with van der Waals surface area (Å²) in [7, 11) is 1.53. The predicted octanol–water partition coefficient (Wildman–Crippen LogP) is -2.29. The van der Waals surface area contributed by atoms with Crippen molar-refractivity contribution in [2.45, 2.75) is 18.9 Å². The molecule has 27 heavy (non-hydrogen) atoms. The van der Waals surface area contributed by atoms with E-state index in [1.54, 1.807) is 0 Å². The fourth-order valence-electron chi connectivity index (χ4n) is 1.88. The average molecular weight is 393 g/mol. The van der Waals surface area contributed by atoms with Crippen molar-refractivity contribution < 1.29 is 38.8 Å². The number of carboxylic acid groups (broad SMARTS) is 1. The fourth-order valence-corrected chi connectivity index (χ4v) is 1.88. The first-order valence-corrected chi connectivity index (χ1v) is 8.78. The van der Waals surface area contributed by atoms with Gasteiger partial charge in [-0.05, 0) is 13.5 Å². The van der Waals surface area contributed by atoms with Gasteiger partial charge in [0.1, 0.15) is 12.6 Å². The first-order valence-electron chi connectivity index (χ1n) is 8.78. The summed E-state index contributed by atoms with van der Waals surface area (Å²) in [6.07, 6.45) is 0.322. The number of hydrogen-bond acceptors (Lipinski definition) is 8. The van der Waals surface area contributed by atoms with Crippen LogP contribution in [0.4, 0.5) is 0 Å². The molecule has 1 unspecified atom stereocenters. The molecule has 0 rings (SSSR count). The number of carbonyl (C=O) groups excluding carboxylic acids is 2. The SMILES string of the molecule is CNC(CCC(=O)NCCOCCOCC(=O)NCCOCCO)C(=O)O. The highest BCUT2D eigenvalue weighted by atomic mass is 16.5. The van der Waals surface area contributed by atoms with Crippen molar-refractivity contribution in [2.75, 3.05) is 66.4 Å². The zero-order valence-electron chi connectivity index (χ0n) is 15.7. The van der Waals surface area contributed by atoms with Crippen LogP contribution in [0.1, 0.15) is 12.8 Å². The van der Waals surface area contributed by atoms with Crippen LogP contribution >= 0.6 is 0 Å². The minimum absolute atomic E-state index is 0.0533. The number of ether oxygens (including phenoxy) is 3. The Hall–Kier alpha value is -1.79. The molecule has 1 atom stereocenters. The highest BCUT2D eigenvalue weighted by Gasteiger charge is 2.15. The first kappa shape index (κ1) is 25.2. The Balaban J connectivity index is 3.42. The van der Waals surface area contributed by atoms with E-state index in [0.717, 1.165) is 0 Å². The van der Waals surface area contributed by atoms with E-state index >= 15 is 0 Å². The molecule has 11 nitrogen and oxygen atoms in total. The molecule has 0 aromatic heterocycles. The lowest BCUT2D eigenvalue weighted by molar-refractivity contribution is -0.139. The van der Waals surface area contributed by atoms with Crippen molar-refractivity contribution in [1.29, 1.82) is 0 Å². The Kier molecular flexibility index (Phi) is 16.4. The molecule has 0 saturated carbocycles. The molecule has 0 aromatic rings. The number of amides is 2. The highest BCUT2D eigenvalue weighted by Crippen LogP contribution is 1.97. The van der Waals surface area contributed by atoms with E-state index in [1.165, 1.54) is 7.05 Å². The number of nitrogens with one attached hydrogen (secondary N) is 3. The molecule has 0 heterocycles. The number of hydrogen-bond donors (Lipinski definition) is 5. The zero-order chi connectivity index (χ0) is 20.3. The lowest BCUT2D eigenvalue weighted by Gasteiger charge is -2.11. The molecule has 0 aliphatic heterocycles. The fraction of sp³-hybridized carbons (Fsp3) is 0.812. The van der Waals surface area contributed by atoms with Gasteiger partial charge in [-0.25, -0.2) is 0 Å². The van der Waals surface area contributed by atoms with Crippen LogP contribution in [0.5, 0.6) is 0 Å². The molecule has 0 fully saturated rings. The second-order valence-corrected chi connectivity index (χ2v) is 5.42. The summed E-state index contributed by atoms with van der Waals surface area (Å²) in [5.41, 5.74) is 0. The van der Waals surface area contributed by atoms with E-state index in [-0.39, 0.29) is 64.3 Å². The van der Waals surface area contributed by atoms with Crippen LogP contribution in [0.25, 0.3) is 0 Å². The van der Waals surface area contributed by atoms with Gasteiger partial charge in [0.15, 0.2) is 0 Å². The van der Waals surface area contributed by atoms with Gasteiger partial charge in [0.2, 0.25) is 11.8 Å². The summed E-state index contributed by atoms with van der Waals surface area (Å²) in [6, 6.07) is -0.741. The van der Waals surface area contributed by atoms with Crippen molar-refractivity contribution >= 4 is 17.8 Å². The second-order valence-electron chi connectivity index (χ2n) is 5.42. The smallest absolute Gasteiger partial charge is 0.320 e. The lowest BCUT2D eigenvalue weighted by Crippen LogP contribution is -2.36. The standard InChI is InChI=1S/C16H31N3O8/c1-17-13(16(23)24)2-3-14(21)18-4-8-26-10-11-27-12-15(22)19-5-7-25-9-6-20/h13,17,20H,2-12H2,1H3,(H,18,21)(H,19,22)(H,23,24). The quantitative estimate of drug-likeness (QED) is 0.162. The maximum Gasteiger partial charge on any atom is 0.320 e. The van der Waals surface area contributed by atoms with E-state index in [0.29, 0.717) is 19.7 Å². The van der Waals surface area contributed by atoms with Gasteiger partial charge in [-0.15, -0.1) is 0 Å². The number of carbonyl (C=O) groups is 3. The predicted molar refractivity (Wildman–Crippen MR) is 95.3 cm³/mol. The number of aliphatic hydroxyl groups excluding tert-OH is 1. The molecule has 0 spiro atoms. The summed E-state index contributed by atoms with van der Waals surface area (Å²) >= 11 is 0. The Morgan fingerprint density at radius 1 is 0.889 bits per heavy atom. The van der Waals surface area contributed by atoms with Crippen LogP contribution in [0.2, 0.25) is 0 Å². The number of likely N-dealkylation sites (N-methyl/N-ethyl adjacent to an activating group) is 1. The van der Waals surface area contributed by atoms with Crippen LogP contribution in [-0.2, 0) is 28.6 Å².